The number of benzene rings is 1. The van der Waals surface area contributed by atoms with Gasteiger partial charge >= 0.3 is 6.09 Å². The average molecular weight is 322 g/mol. The van der Waals surface area contributed by atoms with Gasteiger partial charge in [-0.2, -0.15) is 0 Å². The van der Waals surface area contributed by atoms with Gasteiger partial charge in [-0.15, -0.1) is 11.8 Å². The van der Waals surface area contributed by atoms with Gasteiger partial charge in [0.15, 0.2) is 0 Å². The Morgan fingerprint density at radius 1 is 1.23 bits per heavy atom. The van der Waals surface area contributed by atoms with Crippen molar-refractivity contribution >= 4 is 17.9 Å². The third-order valence-electron chi connectivity index (χ3n) is 3.41. The van der Waals surface area contributed by atoms with Crippen LogP contribution in [0, 0.1) is 0 Å². The molecule has 0 bridgehead atoms. The standard InChI is InChI=1S/C17H26N2O2S/c1-17(2,3)21-16(20)19-14-11-13(12-14)18-9-10-22-15-7-5-4-6-8-15/h4-8,13-14,18H,9-12H2,1-3H3,(H,19,20). The molecular weight excluding hydrogens is 296 g/mol. The molecule has 2 rings (SSSR count). The Labute approximate surface area is 137 Å². The lowest BCUT2D eigenvalue weighted by molar-refractivity contribution is 0.0466. The molecule has 0 aromatic heterocycles. The van der Waals surface area contributed by atoms with Gasteiger partial charge in [-0.05, 0) is 45.7 Å². The van der Waals surface area contributed by atoms with Crippen molar-refractivity contribution in [2.75, 3.05) is 12.3 Å². The largest absolute Gasteiger partial charge is 0.444 e. The van der Waals surface area contributed by atoms with E-state index in [1.54, 1.807) is 0 Å². The summed E-state index contributed by atoms with van der Waals surface area (Å²) in [7, 11) is 0. The quantitative estimate of drug-likeness (QED) is 0.622. The van der Waals surface area contributed by atoms with Gasteiger partial charge in [-0.25, -0.2) is 4.79 Å². The van der Waals surface area contributed by atoms with Crippen molar-refractivity contribution in [2.24, 2.45) is 0 Å². The minimum Gasteiger partial charge on any atom is -0.444 e. The molecular formula is C17H26N2O2S. The van der Waals surface area contributed by atoms with Crippen LogP contribution in [0.5, 0.6) is 0 Å². The number of rotatable bonds is 6. The highest BCUT2D eigenvalue weighted by Gasteiger charge is 2.31. The summed E-state index contributed by atoms with van der Waals surface area (Å²) in [5.41, 5.74) is -0.430. The predicted molar refractivity (Wildman–Crippen MR) is 91.3 cm³/mol. The zero-order valence-corrected chi connectivity index (χ0v) is 14.4. The first kappa shape index (κ1) is 17.2. The molecule has 1 aliphatic rings. The van der Waals surface area contributed by atoms with E-state index < -0.39 is 5.60 Å². The monoisotopic (exact) mass is 322 g/mol. The average Bonchev–Trinajstić information content (AvgIpc) is 2.39. The molecule has 1 aliphatic carbocycles. The number of ether oxygens (including phenoxy) is 1. The second-order valence-corrected chi connectivity index (χ2v) is 7.80. The van der Waals surface area contributed by atoms with Gasteiger partial charge in [0.2, 0.25) is 0 Å². The summed E-state index contributed by atoms with van der Waals surface area (Å²) in [5, 5.41) is 6.44. The Morgan fingerprint density at radius 2 is 1.91 bits per heavy atom. The highest BCUT2D eigenvalue weighted by Crippen LogP contribution is 2.21. The summed E-state index contributed by atoms with van der Waals surface area (Å²) >= 11 is 1.86. The molecule has 1 fully saturated rings. The highest BCUT2D eigenvalue weighted by atomic mass is 32.2. The molecule has 5 heteroatoms. The van der Waals surface area contributed by atoms with E-state index in [2.05, 4.69) is 34.9 Å². The Morgan fingerprint density at radius 3 is 2.55 bits per heavy atom. The Bertz CT molecular complexity index is 467. The summed E-state index contributed by atoms with van der Waals surface area (Å²) in [6.07, 6.45) is 1.65. The highest BCUT2D eigenvalue weighted by molar-refractivity contribution is 7.99. The van der Waals surface area contributed by atoms with Crippen molar-refractivity contribution in [3.8, 4) is 0 Å². The van der Waals surface area contributed by atoms with Crippen LogP contribution in [0.1, 0.15) is 33.6 Å². The van der Waals surface area contributed by atoms with Crippen LogP contribution in [0.2, 0.25) is 0 Å². The number of hydrogen-bond donors (Lipinski definition) is 2. The summed E-state index contributed by atoms with van der Waals surface area (Å²) in [5.74, 6) is 1.06. The third kappa shape index (κ3) is 6.28. The molecule has 1 aromatic carbocycles. The van der Waals surface area contributed by atoms with Crippen molar-refractivity contribution in [3.63, 3.8) is 0 Å². The van der Waals surface area contributed by atoms with Crippen LogP contribution in [-0.2, 0) is 4.74 Å². The summed E-state index contributed by atoms with van der Waals surface area (Å²) in [6.45, 7) is 6.62. The van der Waals surface area contributed by atoms with Gasteiger partial charge in [0.25, 0.3) is 0 Å². The zero-order valence-electron chi connectivity index (χ0n) is 13.6. The molecule has 22 heavy (non-hydrogen) atoms. The number of alkyl carbamates (subject to hydrolysis) is 1. The molecule has 122 valence electrons. The Balaban J connectivity index is 1.52. The number of thioether (sulfide) groups is 1. The first-order valence-corrected chi connectivity index (χ1v) is 8.82. The summed E-state index contributed by atoms with van der Waals surface area (Å²) in [4.78, 5) is 12.9. The first-order chi connectivity index (χ1) is 10.4. The SMILES string of the molecule is CC(C)(C)OC(=O)NC1CC(NCCSc2ccccc2)C1. The molecule has 0 heterocycles. The lowest BCUT2D eigenvalue weighted by Gasteiger charge is -2.36. The van der Waals surface area contributed by atoms with Gasteiger partial charge < -0.3 is 15.4 Å². The smallest absolute Gasteiger partial charge is 0.407 e. The van der Waals surface area contributed by atoms with E-state index in [9.17, 15) is 4.79 Å². The van der Waals surface area contributed by atoms with Crippen LogP contribution < -0.4 is 10.6 Å². The molecule has 0 radical (unpaired) electrons. The lowest BCUT2D eigenvalue weighted by atomic mass is 9.87. The van der Waals surface area contributed by atoms with Crippen molar-refractivity contribution < 1.29 is 9.53 Å². The van der Waals surface area contributed by atoms with Crippen LogP contribution in [-0.4, -0.2) is 36.1 Å². The molecule has 1 saturated carbocycles. The predicted octanol–water partition coefficient (Wildman–Crippen LogP) is 3.42. The maximum absolute atomic E-state index is 11.6. The van der Waals surface area contributed by atoms with Gasteiger partial charge in [0.05, 0.1) is 0 Å². The fourth-order valence-electron chi connectivity index (χ4n) is 2.33. The molecule has 0 atom stereocenters. The molecule has 0 unspecified atom stereocenters. The lowest BCUT2D eigenvalue weighted by Crippen LogP contribution is -2.53. The zero-order chi connectivity index (χ0) is 16.0. The van der Waals surface area contributed by atoms with E-state index in [0.29, 0.717) is 6.04 Å². The minimum atomic E-state index is -0.430. The molecule has 2 N–H and O–H groups in total. The van der Waals surface area contributed by atoms with Crippen LogP contribution in [0.15, 0.2) is 35.2 Å². The van der Waals surface area contributed by atoms with E-state index in [1.165, 1.54) is 4.90 Å². The van der Waals surface area contributed by atoms with Crippen molar-refractivity contribution in [2.45, 2.75) is 56.2 Å². The van der Waals surface area contributed by atoms with Crippen LogP contribution in [0.25, 0.3) is 0 Å². The van der Waals surface area contributed by atoms with E-state index in [4.69, 9.17) is 4.74 Å². The van der Waals surface area contributed by atoms with Crippen LogP contribution in [0.3, 0.4) is 0 Å². The fraction of sp³-hybridized carbons (Fsp3) is 0.588. The minimum absolute atomic E-state index is 0.245. The van der Waals surface area contributed by atoms with Crippen LogP contribution >= 0.6 is 11.8 Å². The molecule has 0 saturated heterocycles. The maximum Gasteiger partial charge on any atom is 0.407 e. The van der Waals surface area contributed by atoms with Crippen molar-refractivity contribution in [3.05, 3.63) is 30.3 Å². The summed E-state index contributed by atoms with van der Waals surface area (Å²) in [6, 6.07) is 11.2. The Kier molecular flexibility index (Phi) is 6.15. The molecule has 0 spiro atoms. The first-order valence-electron chi connectivity index (χ1n) is 7.83. The van der Waals surface area contributed by atoms with E-state index in [-0.39, 0.29) is 12.1 Å². The second kappa shape index (κ2) is 7.88. The number of amides is 1. The van der Waals surface area contributed by atoms with E-state index >= 15 is 0 Å². The normalized spacial score (nSPS) is 21.0. The van der Waals surface area contributed by atoms with Gasteiger partial charge in [0, 0.05) is 29.3 Å². The Hall–Kier alpha value is -1.20. The molecule has 1 amide bonds. The number of carbonyl (C=O) groups is 1. The number of nitrogens with one attached hydrogen (secondary N) is 2. The third-order valence-corrected chi connectivity index (χ3v) is 4.42. The van der Waals surface area contributed by atoms with Crippen molar-refractivity contribution in [1.82, 2.24) is 10.6 Å². The van der Waals surface area contributed by atoms with Crippen molar-refractivity contribution in [1.29, 1.82) is 0 Å². The summed E-state index contributed by atoms with van der Waals surface area (Å²) < 4.78 is 5.25. The molecule has 4 nitrogen and oxygen atoms in total. The van der Waals surface area contributed by atoms with Gasteiger partial charge in [-0.3, -0.25) is 0 Å². The number of carbonyl (C=O) groups excluding carboxylic acids is 1. The molecule has 1 aromatic rings. The maximum atomic E-state index is 11.6. The molecule has 0 aliphatic heterocycles. The number of hydrogen-bond acceptors (Lipinski definition) is 4. The van der Waals surface area contributed by atoms with Crippen LogP contribution in [0.4, 0.5) is 4.79 Å². The van der Waals surface area contributed by atoms with Gasteiger partial charge in [0.1, 0.15) is 5.60 Å². The van der Waals surface area contributed by atoms with E-state index in [0.717, 1.165) is 25.1 Å². The van der Waals surface area contributed by atoms with E-state index in [1.807, 2.05) is 38.6 Å². The fourth-order valence-corrected chi connectivity index (χ4v) is 3.13. The second-order valence-electron chi connectivity index (χ2n) is 6.63. The van der Waals surface area contributed by atoms with Gasteiger partial charge in [-0.1, -0.05) is 18.2 Å². The topological polar surface area (TPSA) is 50.4 Å².